The van der Waals surface area contributed by atoms with Crippen LogP contribution in [0.25, 0.3) is 0 Å². The molecule has 0 radical (unpaired) electrons. The van der Waals surface area contributed by atoms with E-state index < -0.39 is 59.1 Å². The van der Waals surface area contributed by atoms with Gasteiger partial charge in [-0.05, 0) is 179 Å². The van der Waals surface area contributed by atoms with Crippen LogP contribution >= 0.6 is 0 Å². The number of urea groups is 3. The molecule has 24 heteroatoms. The summed E-state index contributed by atoms with van der Waals surface area (Å²) in [4.78, 5) is 68.2. The van der Waals surface area contributed by atoms with Gasteiger partial charge in [-0.1, -0.05) is 92.7 Å². The predicted octanol–water partition coefficient (Wildman–Crippen LogP) is 17.5. The topological polar surface area (TPSA) is 137 Å². The van der Waals surface area contributed by atoms with Crippen LogP contribution in [0.3, 0.4) is 0 Å². The second-order valence-electron chi connectivity index (χ2n) is 26.2. The number of anilines is 3. The molecule has 542 valence electrons. The summed E-state index contributed by atoms with van der Waals surface area (Å²) in [5.41, 5.74) is 0.677. The van der Waals surface area contributed by atoms with E-state index in [0.717, 1.165) is 168 Å². The molecule has 3 saturated heterocycles. The lowest BCUT2D eigenvalue weighted by atomic mass is 9.79. The van der Waals surface area contributed by atoms with E-state index in [-0.39, 0.29) is 53.9 Å². The van der Waals surface area contributed by atoms with Crippen LogP contribution in [0.5, 0.6) is 0 Å². The van der Waals surface area contributed by atoms with Crippen molar-refractivity contribution in [1.82, 2.24) is 34.4 Å². The highest BCUT2D eigenvalue weighted by atomic mass is 19.4. The largest absolute Gasteiger partial charge is 0.416 e. The first-order valence-electron chi connectivity index (χ1n) is 34.5. The zero-order valence-electron chi connectivity index (χ0n) is 57.1. The number of hydrogen-bond acceptors (Lipinski definition) is 8. The Balaban J connectivity index is 0.000000193. The summed E-state index contributed by atoms with van der Waals surface area (Å²) in [6.07, 6.45) is 7.72. The fourth-order valence-electron chi connectivity index (χ4n) is 13.3. The van der Waals surface area contributed by atoms with Crippen molar-refractivity contribution >= 4 is 40.9 Å². The number of hydrogen-bond donors (Lipinski definition) is 3. The first-order valence-corrected chi connectivity index (χ1v) is 34.5. The van der Waals surface area contributed by atoms with Crippen molar-refractivity contribution in [3.8, 4) is 12.3 Å². The summed E-state index contributed by atoms with van der Waals surface area (Å²) < 4.78 is 132. The number of nitrogens with zero attached hydrogens (tertiary/aromatic N) is 7. The second-order valence-corrected chi connectivity index (χ2v) is 26.2. The Labute approximate surface area is 585 Å². The molecule has 0 spiro atoms. The van der Waals surface area contributed by atoms with Crippen molar-refractivity contribution in [2.45, 2.75) is 160 Å². The molecule has 4 fully saturated rings. The Bertz CT molecular complexity index is 3680. The molecule has 4 aliphatic rings. The molecule has 1 atom stereocenters. The monoisotopic (exact) mass is 1410 g/mol. The van der Waals surface area contributed by atoms with Crippen LogP contribution in [0.1, 0.15) is 130 Å². The maximum atomic E-state index is 13.9. The molecule has 5 aromatic carbocycles. The molecule has 3 N–H and O–H groups in total. The first-order chi connectivity index (χ1) is 48.3. The minimum Gasteiger partial charge on any atom is -0.317 e. The van der Waals surface area contributed by atoms with Gasteiger partial charge >= 0.3 is 36.6 Å². The highest BCUT2D eigenvalue weighted by Crippen LogP contribution is 2.37. The van der Waals surface area contributed by atoms with Crippen molar-refractivity contribution in [3.05, 3.63) is 203 Å². The third-order valence-corrected chi connectivity index (χ3v) is 19.1. The molecule has 10 rings (SSSR count). The van der Waals surface area contributed by atoms with Crippen molar-refractivity contribution in [2.24, 2.45) is 5.92 Å². The highest BCUT2D eigenvalue weighted by molar-refractivity contribution is 5.92. The minimum absolute atomic E-state index is 0.0177. The normalized spacial score (nSPS) is 16.3. The van der Waals surface area contributed by atoms with Gasteiger partial charge in [-0.15, -0.1) is 12.3 Å². The maximum absolute atomic E-state index is 13.9. The Kier molecular flexibility index (Phi) is 28.7. The number of aromatic nitrogens is 1. The molecule has 4 heterocycles. The van der Waals surface area contributed by atoms with E-state index in [1.165, 1.54) is 49.6 Å². The number of carbonyl (C=O) groups excluding carboxylic acids is 4. The number of alkyl halides is 9. The molecule has 1 aliphatic carbocycles. The molecular weight excluding hydrogens is 1320 g/mol. The van der Waals surface area contributed by atoms with Crippen molar-refractivity contribution in [1.29, 1.82) is 0 Å². The SMILES string of the molecule is C#CCCCN1CCC(N(Cc2ccccc2CC(=O)C=C)C(=O)Nc2cccc(C(F)(F)F)c2)CC1.CC(C1CCC1)N1CCC(N(Cc2ccccc2)C(=O)Nc2cc(F)cc(C(F)(F)F)c2)CC1.CCCN1CCC(N(Cc2cccnc2)C(=O)Nc2cccc(C(F)(F)F)c2)CC1. The summed E-state index contributed by atoms with van der Waals surface area (Å²) in [5.74, 6) is 2.22. The lowest BCUT2D eigenvalue weighted by molar-refractivity contribution is -0.138. The molecule has 1 saturated carbocycles. The van der Waals surface area contributed by atoms with Gasteiger partial charge in [-0.25, -0.2) is 18.8 Å². The number of unbranched alkanes of at least 4 members (excludes halogenated alkanes) is 1. The first kappa shape index (κ1) is 77.9. The Hall–Kier alpha value is -8.79. The number of rotatable bonds is 22. The average molecular weight is 1410 g/mol. The van der Waals surface area contributed by atoms with E-state index in [1.54, 1.807) is 27.1 Å². The quantitative estimate of drug-likeness (QED) is 0.0265. The molecule has 3 aliphatic heterocycles. The van der Waals surface area contributed by atoms with Gasteiger partial charge in [0.05, 0.1) is 16.7 Å². The van der Waals surface area contributed by atoms with Gasteiger partial charge in [0.25, 0.3) is 0 Å². The van der Waals surface area contributed by atoms with Crippen molar-refractivity contribution in [3.63, 3.8) is 0 Å². The number of halogens is 10. The van der Waals surface area contributed by atoms with Crippen LogP contribution in [-0.2, 0) is 49.4 Å². The Morgan fingerprint density at radius 3 is 1.53 bits per heavy atom. The molecule has 101 heavy (non-hydrogen) atoms. The second kappa shape index (κ2) is 37.2. The number of benzene rings is 5. The highest BCUT2D eigenvalue weighted by Gasteiger charge is 2.38. The molecular formula is C77H90F10N10O4. The lowest BCUT2D eigenvalue weighted by Gasteiger charge is -2.44. The predicted molar refractivity (Wildman–Crippen MR) is 373 cm³/mol. The van der Waals surface area contributed by atoms with E-state index in [1.807, 2.05) is 66.7 Å². The number of likely N-dealkylation sites (tertiary alicyclic amines) is 3. The zero-order chi connectivity index (χ0) is 72.7. The van der Waals surface area contributed by atoms with Gasteiger partial charge in [-0.2, -0.15) is 39.5 Å². The fraction of sp³-hybridized carbons (Fsp3) is 0.442. The smallest absolute Gasteiger partial charge is 0.317 e. The third kappa shape index (κ3) is 23.9. The van der Waals surface area contributed by atoms with Crippen LogP contribution in [0.2, 0.25) is 0 Å². The van der Waals surface area contributed by atoms with Crippen molar-refractivity contribution in [2.75, 3.05) is 68.3 Å². The number of ketones is 1. The molecule has 14 nitrogen and oxygen atoms in total. The van der Waals surface area contributed by atoms with E-state index >= 15 is 0 Å². The number of piperidine rings is 3. The lowest BCUT2D eigenvalue weighted by Crippen LogP contribution is -2.51. The van der Waals surface area contributed by atoms with Gasteiger partial charge in [-0.3, -0.25) is 9.78 Å². The molecule has 1 aromatic heterocycles. The Morgan fingerprint density at radius 2 is 1.05 bits per heavy atom. The van der Waals surface area contributed by atoms with Crippen LogP contribution in [0, 0.1) is 24.1 Å². The standard InChI is InChI=1S/C29H32F3N3O2.C26H31F4N3O.C22H27F3N4O/c1-3-5-8-16-34-17-14-26(15-18-34)35(21-23-11-7-6-10-22(23)19-27(36)4-2)28(37)33-25-13-9-12-24(20-25)29(30,31)32;1-18(20-8-5-9-20)32-12-10-24(11-13-32)33(17-19-6-3-2-4-7-19)25(34)31-23-15-21(26(28,29)30)14-22(27)16-23;1-2-11-28-12-8-20(9-13-28)29(16-17-5-4-10-26-15-17)21(30)27-19-7-3-6-18(14-19)22(23,24)25/h1,4,6-7,9-13,20,26H,2,5,8,14-19,21H2,(H,33,37);2-4,6-7,14-16,18,20,24H,5,8-13,17H2,1H3,(H,31,34);3-7,10,14-15,20H,2,8-9,11-13,16H2,1H3,(H,27,30). The zero-order valence-corrected chi connectivity index (χ0v) is 57.1. The van der Waals surface area contributed by atoms with E-state index in [9.17, 15) is 63.1 Å². The van der Waals surface area contributed by atoms with Gasteiger partial charge in [0, 0.05) is 125 Å². The molecule has 6 amide bonds. The van der Waals surface area contributed by atoms with Crippen LogP contribution in [0.4, 0.5) is 75.3 Å². The molecule has 0 bridgehead atoms. The van der Waals surface area contributed by atoms with Gasteiger partial charge in [0.1, 0.15) is 5.82 Å². The number of pyridine rings is 1. The summed E-state index contributed by atoms with van der Waals surface area (Å²) in [6, 6.07) is 31.0. The van der Waals surface area contributed by atoms with Crippen LogP contribution in [0.15, 0.2) is 159 Å². The van der Waals surface area contributed by atoms with Crippen LogP contribution in [-0.4, -0.2) is 135 Å². The summed E-state index contributed by atoms with van der Waals surface area (Å²) in [5, 5.41) is 7.84. The third-order valence-electron chi connectivity index (χ3n) is 19.1. The van der Waals surface area contributed by atoms with Crippen LogP contribution < -0.4 is 16.0 Å². The summed E-state index contributed by atoms with van der Waals surface area (Å²) in [7, 11) is 0. The van der Waals surface area contributed by atoms with Gasteiger partial charge < -0.3 is 45.3 Å². The van der Waals surface area contributed by atoms with Gasteiger partial charge in [0.2, 0.25) is 0 Å². The van der Waals surface area contributed by atoms with Gasteiger partial charge in [0.15, 0.2) is 5.78 Å². The van der Waals surface area contributed by atoms with E-state index in [0.29, 0.717) is 31.6 Å². The number of allylic oxidation sites excluding steroid dienone is 1. The summed E-state index contributed by atoms with van der Waals surface area (Å²) >= 11 is 0. The average Bonchev–Trinajstić information content (AvgIpc) is 0.803. The molecule has 1 unspecified atom stereocenters. The van der Waals surface area contributed by atoms with E-state index in [4.69, 9.17) is 6.42 Å². The number of terminal acetylenes is 1. The Morgan fingerprint density at radius 1 is 0.574 bits per heavy atom. The fourth-order valence-corrected chi connectivity index (χ4v) is 13.3. The number of carbonyl (C=O) groups is 4. The van der Waals surface area contributed by atoms with E-state index in [2.05, 4.69) is 62.0 Å². The minimum atomic E-state index is -4.70. The summed E-state index contributed by atoms with van der Waals surface area (Å²) in [6.45, 7) is 15.9. The maximum Gasteiger partial charge on any atom is 0.416 e. The number of nitrogens with one attached hydrogen (secondary N) is 3. The van der Waals surface area contributed by atoms with Crippen molar-refractivity contribution < 1.29 is 63.1 Å². The number of amides is 6. The molecule has 6 aromatic rings.